The number of nitrogens with zero attached hydrogens (tertiary/aromatic N) is 2. The molecule has 0 bridgehead atoms. The quantitative estimate of drug-likeness (QED) is 0.500. The fourth-order valence-electron chi connectivity index (χ4n) is 4.92. The van der Waals surface area contributed by atoms with Gasteiger partial charge in [0, 0.05) is 25.3 Å². The minimum absolute atomic E-state index is 0.0154. The lowest BCUT2D eigenvalue weighted by Crippen LogP contribution is -2.37. The molecule has 1 N–H and O–H groups in total. The summed E-state index contributed by atoms with van der Waals surface area (Å²) < 4.78 is 13.1. The molecule has 2 aromatic carbocycles. The zero-order chi connectivity index (χ0) is 23.2. The Morgan fingerprint density at radius 2 is 1.76 bits per heavy atom. The van der Waals surface area contributed by atoms with Crippen LogP contribution in [0.1, 0.15) is 31.2 Å². The number of piperidine rings is 1. The molecule has 1 unspecified atom stereocenters. The van der Waals surface area contributed by atoms with E-state index >= 15 is 0 Å². The summed E-state index contributed by atoms with van der Waals surface area (Å²) in [5, 5.41) is 4.22. The SMILES string of the molecule is O=C(NCCCN1CCC(Cc2ccc(F)cc2)CC1)C1CCN(c2ccc(Cl)c(Cl)c2)C1. The fraction of sp³-hybridized carbons (Fsp3) is 0.500. The first-order valence-corrected chi connectivity index (χ1v) is 12.7. The molecule has 2 fully saturated rings. The number of nitrogens with one attached hydrogen (secondary N) is 1. The van der Waals surface area contributed by atoms with Crippen molar-refractivity contribution in [3.05, 3.63) is 63.9 Å². The lowest BCUT2D eigenvalue weighted by Gasteiger charge is -2.32. The molecular formula is C26H32Cl2FN3O. The first-order valence-electron chi connectivity index (χ1n) is 11.9. The van der Waals surface area contributed by atoms with E-state index in [9.17, 15) is 9.18 Å². The van der Waals surface area contributed by atoms with Crippen molar-refractivity contribution < 1.29 is 9.18 Å². The van der Waals surface area contributed by atoms with Crippen LogP contribution in [0.3, 0.4) is 0 Å². The van der Waals surface area contributed by atoms with Gasteiger partial charge >= 0.3 is 0 Å². The molecule has 4 rings (SSSR count). The molecule has 2 aromatic rings. The monoisotopic (exact) mass is 491 g/mol. The fourth-order valence-corrected chi connectivity index (χ4v) is 5.21. The van der Waals surface area contributed by atoms with Gasteiger partial charge in [-0.05, 0) is 93.6 Å². The first kappa shape index (κ1) is 24.3. The zero-order valence-electron chi connectivity index (χ0n) is 18.9. The van der Waals surface area contributed by atoms with E-state index in [1.807, 2.05) is 24.3 Å². The van der Waals surface area contributed by atoms with Gasteiger partial charge in [0.05, 0.1) is 16.0 Å². The van der Waals surface area contributed by atoms with E-state index in [0.29, 0.717) is 22.5 Å². The van der Waals surface area contributed by atoms with Gasteiger partial charge in [-0.15, -0.1) is 0 Å². The van der Waals surface area contributed by atoms with Crippen LogP contribution in [0, 0.1) is 17.7 Å². The second kappa shape index (κ2) is 11.5. The van der Waals surface area contributed by atoms with Gasteiger partial charge < -0.3 is 15.1 Å². The molecule has 33 heavy (non-hydrogen) atoms. The molecule has 2 heterocycles. The summed E-state index contributed by atoms with van der Waals surface area (Å²) in [6.07, 6.45) is 5.21. The molecule has 1 amide bonds. The highest BCUT2D eigenvalue weighted by Crippen LogP contribution is 2.30. The number of carbonyl (C=O) groups is 1. The molecule has 0 saturated carbocycles. The minimum Gasteiger partial charge on any atom is -0.371 e. The summed E-state index contributed by atoms with van der Waals surface area (Å²) in [5.41, 5.74) is 2.24. The number of anilines is 1. The molecule has 2 aliphatic heterocycles. The molecule has 0 spiro atoms. The van der Waals surface area contributed by atoms with Crippen LogP contribution < -0.4 is 10.2 Å². The van der Waals surface area contributed by atoms with Crippen molar-refractivity contribution in [2.75, 3.05) is 44.2 Å². The lowest BCUT2D eigenvalue weighted by atomic mass is 9.90. The number of carbonyl (C=O) groups excluding carboxylic acids is 1. The van der Waals surface area contributed by atoms with Crippen LogP contribution in [-0.4, -0.2) is 50.1 Å². The molecule has 0 radical (unpaired) electrons. The number of likely N-dealkylation sites (tertiary alicyclic amines) is 1. The van der Waals surface area contributed by atoms with E-state index in [4.69, 9.17) is 23.2 Å². The Hall–Kier alpha value is -1.82. The van der Waals surface area contributed by atoms with E-state index in [0.717, 1.165) is 57.7 Å². The van der Waals surface area contributed by atoms with Gasteiger partial charge in [-0.25, -0.2) is 4.39 Å². The maximum Gasteiger partial charge on any atom is 0.224 e. The van der Waals surface area contributed by atoms with Gasteiger partial charge in [0.25, 0.3) is 0 Å². The third-order valence-electron chi connectivity index (χ3n) is 6.92. The second-order valence-corrected chi connectivity index (χ2v) is 10.1. The number of rotatable bonds is 8. The average Bonchev–Trinajstić information content (AvgIpc) is 3.31. The first-order chi connectivity index (χ1) is 16.0. The summed E-state index contributed by atoms with van der Waals surface area (Å²) >= 11 is 12.1. The van der Waals surface area contributed by atoms with Crippen LogP contribution in [0.25, 0.3) is 0 Å². The van der Waals surface area contributed by atoms with E-state index < -0.39 is 0 Å². The summed E-state index contributed by atoms with van der Waals surface area (Å²) in [6.45, 7) is 5.50. The molecular weight excluding hydrogens is 460 g/mol. The van der Waals surface area contributed by atoms with Crippen molar-refractivity contribution in [1.29, 1.82) is 0 Å². The Bertz CT molecular complexity index is 932. The van der Waals surface area contributed by atoms with Gasteiger partial charge in [0.15, 0.2) is 0 Å². The van der Waals surface area contributed by atoms with Crippen LogP contribution in [0.4, 0.5) is 10.1 Å². The number of benzene rings is 2. The zero-order valence-corrected chi connectivity index (χ0v) is 20.4. The lowest BCUT2D eigenvalue weighted by molar-refractivity contribution is -0.124. The van der Waals surface area contributed by atoms with E-state index in [2.05, 4.69) is 15.1 Å². The third kappa shape index (κ3) is 6.84. The largest absolute Gasteiger partial charge is 0.371 e. The summed E-state index contributed by atoms with van der Waals surface area (Å²) in [7, 11) is 0. The average molecular weight is 492 g/mol. The molecule has 4 nitrogen and oxygen atoms in total. The molecule has 7 heteroatoms. The van der Waals surface area contributed by atoms with Crippen LogP contribution >= 0.6 is 23.2 Å². The van der Waals surface area contributed by atoms with Crippen molar-refractivity contribution in [2.24, 2.45) is 11.8 Å². The number of halogens is 3. The number of hydrogen-bond donors (Lipinski definition) is 1. The van der Waals surface area contributed by atoms with E-state index in [1.54, 1.807) is 18.2 Å². The highest BCUT2D eigenvalue weighted by atomic mass is 35.5. The Morgan fingerprint density at radius 3 is 2.48 bits per heavy atom. The van der Waals surface area contributed by atoms with Crippen LogP contribution in [0.2, 0.25) is 10.0 Å². The Labute approximate surface area is 206 Å². The van der Waals surface area contributed by atoms with E-state index in [1.165, 1.54) is 18.4 Å². The van der Waals surface area contributed by atoms with Crippen molar-refractivity contribution in [3.8, 4) is 0 Å². The maximum atomic E-state index is 13.1. The molecule has 2 saturated heterocycles. The molecule has 2 aliphatic rings. The Balaban J connectivity index is 1.11. The third-order valence-corrected chi connectivity index (χ3v) is 7.66. The van der Waals surface area contributed by atoms with Crippen molar-refractivity contribution >= 4 is 34.8 Å². The minimum atomic E-state index is -0.169. The summed E-state index contributed by atoms with van der Waals surface area (Å²) in [6, 6.07) is 12.5. The molecule has 0 aliphatic carbocycles. The summed E-state index contributed by atoms with van der Waals surface area (Å²) in [4.78, 5) is 17.3. The van der Waals surface area contributed by atoms with Gasteiger partial charge in [0.1, 0.15) is 5.82 Å². The smallest absolute Gasteiger partial charge is 0.224 e. The molecule has 1 atom stereocenters. The highest BCUT2D eigenvalue weighted by molar-refractivity contribution is 6.42. The second-order valence-electron chi connectivity index (χ2n) is 9.29. The van der Waals surface area contributed by atoms with E-state index in [-0.39, 0.29) is 17.6 Å². The Kier molecular flexibility index (Phi) is 8.50. The maximum absolute atomic E-state index is 13.1. The molecule has 178 valence electrons. The normalized spacial score (nSPS) is 19.7. The van der Waals surface area contributed by atoms with Gasteiger partial charge in [-0.1, -0.05) is 35.3 Å². The van der Waals surface area contributed by atoms with Crippen LogP contribution in [-0.2, 0) is 11.2 Å². The van der Waals surface area contributed by atoms with Crippen LogP contribution in [0.5, 0.6) is 0 Å². The van der Waals surface area contributed by atoms with Gasteiger partial charge in [-0.3, -0.25) is 4.79 Å². The van der Waals surface area contributed by atoms with Crippen molar-refractivity contribution in [3.63, 3.8) is 0 Å². The standard InChI is InChI=1S/C26H32Cl2FN3O/c27-24-7-6-23(17-25(24)28)32-15-10-21(18-32)26(33)30-11-1-12-31-13-8-20(9-14-31)16-19-2-4-22(29)5-3-19/h2-7,17,20-21H,1,8-16,18H2,(H,30,33). The number of amides is 1. The summed E-state index contributed by atoms with van der Waals surface area (Å²) in [5.74, 6) is 0.668. The predicted molar refractivity (Wildman–Crippen MR) is 134 cm³/mol. The van der Waals surface area contributed by atoms with Gasteiger partial charge in [0.2, 0.25) is 5.91 Å². The van der Waals surface area contributed by atoms with Gasteiger partial charge in [-0.2, -0.15) is 0 Å². The highest BCUT2D eigenvalue weighted by Gasteiger charge is 2.28. The van der Waals surface area contributed by atoms with Crippen molar-refractivity contribution in [2.45, 2.75) is 32.1 Å². The Morgan fingerprint density at radius 1 is 1.00 bits per heavy atom. The number of hydrogen-bond acceptors (Lipinski definition) is 3. The molecule has 0 aromatic heterocycles. The topological polar surface area (TPSA) is 35.6 Å². The predicted octanol–water partition coefficient (Wildman–Crippen LogP) is 5.42. The van der Waals surface area contributed by atoms with Crippen molar-refractivity contribution in [1.82, 2.24) is 10.2 Å². The van der Waals surface area contributed by atoms with Crippen LogP contribution in [0.15, 0.2) is 42.5 Å².